The van der Waals surface area contributed by atoms with Gasteiger partial charge in [-0.2, -0.15) is 0 Å². The molecule has 1 aromatic carbocycles. The third-order valence-electron chi connectivity index (χ3n) is 2.86. The summed E-state index contributed by atoms with van der Waals surface area (Å²) in [4.78, 5) is 4.46. The van der Waals surface area contributed by atoms with Gasteiger partial charge >= 0.3 is 0 Å². The van der Waals surface area contributed by atoms with Crippen molar-refractivity contribution in [3.8, 4) is 5.75 Å². The van der Waals surface area contributed by atoms with Crippen LogP contribution in [0.1, 0.15) is 22.3 Å². The van der Waals surface area contributed by atoms with E-state index in [1.807, 2.05) is 30.5 Å². The molecule has 1 heterocycles. The van der Waals surface area contributed by atoms with E-state index in [2.05, 4.69) is 10.4 Å². The van der Waals surface area contributed by atoms with E-state index in [4.69, 9.17) is 22.2 Å². The molecule has 3 N–H and O–H groups in total. The summed E-state index contributed by atoms with van der Waals surface area (Å²) in [5.74, 6) is 6.43. The molecule has 0 aliphatic carbocycles. The monoisotopic (exact) mass is 297 g/mol. The first-order chi connectivity index (χ1) is 9.13. The van der Waals surface area contributed by atoms with Crippen LogP contribution in [-0.2, 0) is 6.42 Å². The predicted octanol–water partition coefficient (Wildman–Crippen LogP) is 2.86. The van der Waals surface area contributed by atoms with E-state index >= 15 is 0 Å². The van der Waals surface area contributed by atoms with Crippen molar-refractivity contribution in [1.82, 2.24) is 10.4 Å². The van der Waals surface area contributed by atoms with Crippen LogP contribution in [0.2, 0.25) is 5.02 Å². The first-order valence-corrected chi connectivity index (χ1v) is 7.10. The molecule has 0 spiro atoms. The molecule has 0 fully saturated rings. The van der Waals surface area contributed by atoms with Crippen molar-refractivity contribution in [3.05, 3.63) is 44.9 Å². The van der Waals surface area contributed by atoms with Crippen molar-refractivity contribution < 1.29 is 4.74 Å². The highest BCUT2D eigenvalue weighted by Crippen LogP contribution is 2.28. The number of nitrogens with zero attached hydrogens (tertiary/aromatic N) is 1. The Bertz CT molecular complexity index is 559. The summed E-state index contributed by atoms with van der Waals surface area (Å²) in [6.07, 6.45) is 0.670. The van der Waals surface area contributed by atoms with Crippen molar-refractivity contribution in [2.75, 3.05) is 7.11 Å². The van der Waals surface area contributed by atoms with Crippen LogP contribution in [0.5, 0.6) is 5.75 Å². The number of hydrazine groups is 1. The molecule has 102 valence electrons. The molecule has 1 atom stereocenters. The Labute approximate surface area is 121 Å². The van der Waals surface area contributed by atoms with Gasteiger partial charge in [-0.1, -0.05) is 11.6 Å². The lowest BCUT2D eigenvalue weighted by Gasteiger charge is -2.16. The van der Waals surface area contributed by atoms with E-state index in [0.29, 0.717) is 11.4 Å². The average Bonchev–Trinajstić information content (AvgIpc) is 2.82. The Balaban J connectivity index is 2.25. The van der Waals surface area contributed by atoms with Gasteiger partial charge in [0.25, 0.3) is 0 Å². The summed E-state index contributed by atoms with van der Waals surface area (Å²) >= 11 is 7.64. The minimum atomic E-state index is -0.0580. The Hall–Kier alpha value is -1.14. The normalized spacial score (nSPS) is 12.4. The molecule has 6 heteroatoms. The molecule has 4 nitrogen and oxygen atoms in total. The summed E-state index contributed by atoms with van der Waals surface area (Å²) < 4.78 is 5.34. The number of halogens is 1. The maximum Gasteiger partial charge on any atom is 0.122 e. The Morgan fingerprint density at radius 3 is 2.89 bits per heavy atom. The maximum absolute atomic E-state index is 6.03. The van der Waals surface area contributed by atoms with Crippen LogP contribution in [-0.4, -0.2) is 12.1 Å². The van der Waals surface area contributed by atoms with Crippen LogP contribution >= 0.6 is 22.9 Å². The number of hydrogen-bond acceptors (Lipinski definition) is 5. The van der Waals surface area contributed by atoms with Gasteiger partial charge in [-0.25, -0.2) is 4.98 Å². The van der Waals surface area contributed by atoms with Crippen molar-refractivity contribution in [3.63, 3.8) is 0 Å². The van der Waals surface area contributed by atoms with Crippen LogP contribution in [0.4, 0.5) is 0 Å². The first kappa shape index (κ1) is 14.3. The number of aryl methyl sites for hydroxylation is 1. The number of aromatic nitrogens is 1. The molecule has 0 aliphatic heterocycles. The summed E-state index contributed by atoms with van der Waals surface area (Å²) in [5.41, 5.74) is 4.74. The number of ether oxygens (including phenoxy) is 1. The van der Waals surface area contributed by atoms with Crippen molar-refractivity contribution in [2.24, 2.45) is 5.84 Å². The number of hydrogen-bond donors (Lipinski definition) is 2. The molecule has 0 saturated carbocycles. The van der Waals surface area contributed by atoms with Crippen LogP contribution in [0.3, 0.4) is 0 Å². The number of nitrogens with two attached hydrogens (primary N) is 1. The Kier molecular flexibility index (Phi) is 4.76. The zero-order valence-corrected chi connectivity index (χ0v) is 12.4. The lowest BCUT2D eigenvalue weighted by atomic mass is 10.0. The SMILES string of the molecule is COc1ccc(Cl)cc1CC(NN)c1csc(C)n1. The third kappa shape index (κ3) is 3.45. The second kappa shape index (κ2) is 6.34. The van der Waals surface area contributed by atoms with Crippen LogP contribution in [0.25, 0.3) is 0 Å². The van der Waals surface area contributed by atoms with Crippen molar-refractivity contribution >= 4 is 22.9 Å². The molecular weight excluding hydrogens is 282 g/mol. The zero-order valence-electron chi connectivity index (χ0n) is 10.8. The minimum Gasteiger partial charge on any atom is -0.496 e. The van der Waals surface area contributed by atoms with E-state index in [-0.39, 0.29) is 6.04 Å². The fourth-order valence-electron chi connectivity index (χ4n) is 1.92. The lowest BCUT2D eigenvalue weighted by molar-refractivity contribution is 0.405. The molecule has 0 amide bonds. The van der Waals surface area contributed by atoms with Crippen LogP contribution in [0.15, 0.2) is 23.6 Å². The topological polar surface area (TPSA) is 60.2 Å². The molecule has 1 aromatic heterocycles. The molecule has 0 saturated heterocycles. The maximum atomic E-state index is 6.03. The van der Waals surface area contributed by atoms with Gasteiger partial charge in [-0.05, 0) is 37.1 Å². The molecule has 0 aliphatic rings. The number of methoxy groups -OCH3 is 1. The number of thiazole rings is 1. The summed E-state index contributed by atoms with van der Waals surface area (Å²) in [6, 6.07) is 5.50. The second-order valence-electron chi connectivity index (χ2n) is 4.17. The summed E-state index contributed by atoms with van der Waals surface area (Å²) in [6.45, 7) is 1.97. The van der Waals surface area contributed by atoms with Gasteiger partial charge < -0.3 is 4.74 Å². The Morgan fingerprint density at radius 1 is 1.53 bits per heavy atom. The number of rotatable bonds is 5. The second-order valence-corrected chi connectivity index (χ2v) is 5.67. The predicted molar refractivity (Wildman–Crippen MR) is 78.6 cm³/mol. The fraction of sp³-hybridized carbons (Fsp3) is 0.308. The van der Waals surface area contributed by atoms with Crippen molar-refractivity contribution in [1.29, 1.82) is 0 Å². The smallest absolute Gasteiger partial charge is 0.122 e. The molecule has 0 radical (unpaired) electrons. The minimum absolute atomic E-state index is 0.0580. The van der Waals surface area contributed by atoms with Gasteiger partial charge in [-0.15, -0.1) is 11.3 Å². The number of benzene rings is 1. The van der Waals surface area contributed by atoms with Gasteiger partial charge in [0.2, 0.25) is 0 Å². The fourth-order valence-corrected chi connectivity index (χ4v) is 2.78. The Morgan fingerprint density at radius 2 is 2.32 bits per heavy atom. The molecule has 19 heavy (non-hydrogen) atoms. The molecule has 0 bridgehead atoms. The van der Waals surface area contributed by atoms with Gasteiger partial charge in [-0.3, -0.25) is 11.3 Å². The first-order valence-electron chi connectivity index (χ1n) is 5.84. The molecule has 1 unspecified atom stereocenters. The molecular formula is C13H16ClN3OS. The van der Waals surface area contributed by atoms with E-state index in [0.717, 1.165) is 22.0 Å². The quantitative estimate of drug-likeness (QED) is 0.658. The van der Waals surface area contributed by atoms with Gasteiger partial charge in [0.15, 0.2) is 0 Å². The third-order valence-corrected chi connectivity index (χ3v) is 3.89. The highest BCUT2D eigenvalue weighted by Gasteiger charge is 2.16. The van der Waals surface area contributed by atoms with E-state index in [9.17, 15) is 0 Å². The van der Waals surface area contributed by atoms with E-state index in [1.54, 1.807) is 18.4 Å². The average molecular weight is 298 g/mol. The summed E-state index contributed by atoms with van der Waals surface area (Å²) in [7, 11) is 1.64. The molecule has 2 aromatic rings. The zero-order chi connectivity index (χ0) is 13.8. The summed E-state index contributed by atoms with van der Waals surface area (Å²) in [5, 5.41) is 3.71. The van der Waals surface area contributed by atoms with Gasteiger partial charge in [0.05, 0.1) is 23.9 Å². The van der Waals surface area contributed by atoms with E-state index in [1.165, 1.54) is 0 Å². The highest BCUT2D eigenvalue weighted by atomic mass is 35.5. The highest BCUT2D eigenvalue weighted by molar-refractivity contribution is 7.09. The van der Waals surface area contributed by atoms with Crippen molar-refractivity contribution in [2.45, 2.75) is 19.4 Å². The largest absolute Gasteiger partial charge is 0.496 e. The molecule has 2 rings (SSSR count). The van der Waals surface area contributed by atoms with Crippen LogP contribution < -0.4 is 16.0 Å². The van der Waals surface area contributed by atoms with E-state index < -0.39 is 0 Å². The standard InChI is InChI=1S/C13H16ClN3OS/c1-8-16-12(7-19-8)11(17-15)6-9-5-10(14)3-4-13(9)18-2/h3-5,7,11,17H,6,15H2,1-2H3. The van der Waals surface area contributed by atoms with Crippen LogP contribution in [0, 0.1) is 6.92 Å². The van der Waals surface area contributed by atoms with Gasteiger partial charge in [0, 0.05) is 10.4 Å². The number of nitrogens with one attached hydrogen (secondary N) is 1. The lowest BCUT2D eigenvalue weighted by Crippen LogP contribution is -2.30. The van der Waals surface area contributed by atoms with Gasteiger partial charge in [0.1, 0.15) is 5.75 Å².